The second-order valence-electron chi connectivity index (χ2n) is 9.95. The van der Waals surface area contributed by atoms with Crippen LogP contribution in [0.15, 0.2) is 83.7 Å². The van der Waals surface area contributed by atoms with Crippen LogP contribution >= 0.6 is 0 Å². The van der Waals surface area contributed by atoms with Crippen LogP contribution in [0.1, 0.15) is 28.6 Å². The number of rotatable bonds is 5. The van der Waals surface area contributed by atoms with Gasteiger partial charge in [-0.1, -0.05) is 24.3 Å². The first kappa shape index (κ1) is 24.6. The Morgan fingerprint density at radius 2 is 1.82 bits per heavy atom. The molecule has 0 radical (unpaired) electrons. The average molecular weight is 554 g/mol. The number of amides is 1. The van der Waals surface area contributed by atoms with Gasteiger partial charge in [0, 0.05) is 58.3 Å². The third kappa shape index (κ3) is 4.44. The number of halogens is 1. The number of carbonyl (C=O) groups excluding carboxylic acids is 1. The average Bonchev–Trinajstić information content (AvgIpc) is 3.61. The summed E-state index contributed by atoms with van der Waals surface area (Å²) in [5.74, 6) is 1.48. The fourth-order valence-corrected chi connectivity index (χ4v) is 6.24. The normalized spacial score (nSPS) is 18.9. The molecule has 1 saturated heterocycles. The monoisotopic (exact) mass is 553 g/mol. The fourth-order valence-electron chi connectivity index (χ4n) is 5.18. The zero-order valence-electron chi connectivity index (χ0n) is 21.4. The van der Waals surface area contributed by atoms with Crippen LogP contribution in [0, 0.1) is 5.82 Å². The molecular weight excluding hydrogens is 529 g/mol. The second kappa shape index (κ2) is 9.95. The van der Waals surface area contributed by atoms with Crippen molar-refractivity contribution in [2.45, 2.75) is 12.5 Å². The minimum Gasteiger partial charge on any atom is -0.438 e. The van der Waals surface area contributed by atoms with Crippen molar-refractivity contribution in [3.63, 3.8) is 0 Å². The highest BCUT2D eigenvalue weighted by atomic mass is 32.2. The summed E-state index contributed by atoms with van der Waals surface area (Å²) in [6, 6.07) is 17.5. The molecule has 40 heavy (non-hydrogen) atoms. The van der Waals surface area contributed by atoms with Crippen molar-refractivity contribution in [1.82, 2.24) is 24.6 Å². The Bertz CT molecular complexity index is 1790. The van der Waals surface area contributed by atoms with Gasteiger partial charge in [0.1, 0.15) is 23.6 Å². The molecule has 0 spiro atoms. The number of nitrogens with zero attached hydrogens (tertiary/aromatic N) is 5. The van der Waals surface area contributed by atoms with Crippen LogP contribution in [0.2, 0.25) is 0 Å². The van der Waals surface area contributed by atoms with Gasteiger partial charge in [0.2, 0.25) is 5.71 Å². The number of furan rings is 1. The zero-order valence-corrected chi connectivity index (χ0v) is 22.2. The predicted octanol–water partition coefficient (Wildman–Crippen LogP) is 5.13. The van der Waals surface area contributed by atoms with Gasteiger partial charge >= 0.3 is 0 Å². The van der Waals surface area contributed by atoms with Crippen LogP contribution in [0.4, 0.5) is 4.39 Å². The van der Waals surface area contributed by atoms with Gasteiger partial charge in [0.15, 0.2) is 0 Å². The number of hydrogen-bond acceptors (Lipinski definition) is 6. The highest BCUT2D eigenvalue weighted by Crippen LogP contribution is 2.38. The van der Waals surface area contributed by atoms with E-state index in [2.05, 4.69) is 9.97 Å². The van der Waals surface area contributed by atoms with E-state index < -0.39 is 10.8 Å². The molecule has 5 heterocycles. The van der Waals surface area contributed by atoms with Crippen LogP contribution in [0.3, 0.4) is 0 Å². The molecule has 0 N–H and O–H groups in total. The van der Waals surface area contributed by atoms with Crippen molar-refractivity contribution < 1.29 is 17.8 Å². The zero-order chi connectivity index (χ0) is 27.2. The molecule has 0 unspecified atom stereocenters. The van der Waals surface area contributed by atoms with E-state index in [1.54, 1.807) is 12.1 Å². The van der Waals surface area contributed by atoms with Crippen molar-refractivity contribution in [2.75, 3.05) is 24.6 Å². The SMILES string of the molecule is O=C(c1ccccc1)N1CC=C(c2cc3c(-c4cn(C5CS(=O)C5)nc4-c4ccc(F)cc4)ncnc3o2)CC1. The molecule has 2 aliphatic rings. The molecule has 2 aromatic carbocycles. The fraction of sp³-hybridized carbons (Fsp3) is 0.200. The van der Waals surface area contributed by atoms with Crippen LogP contribution in [0.25, 0.3) is 39.2 Å². The van der Waals surface area contributed by atoms with Crippen LogP contribution in [-0.2, 0) is 10.8 Å². The Hall–Kier alpha value is -4.44. The highest BCUT2D eigenvalue weighted by molar-refractivity contribution is 7.86. The Kier molecular flexibility index (Phi) is 6.11. The van der Waals surface area contributed by atoms with Crippen LogP contribution in [0.5, 0.6) is 0 Å². The van der Waals surface area contributed by atoms with Crippen molar-refractivity contribution in [1.29, 1.82) is 0 Å². The van der Waals surface area contributed by atoms with E-state index in [9.17, 15) is 13.4 Å². The van der Waals surface area contributed by atoms with E-state index in [-0.39, 0.29) is 17.8 Å². The van der Waals surface area contributed by atoms with Gasteiger partial charge in [-0.25, -0.2) is 14.4 Å². The number of benzene rings is 2. The lowest BCUT2D eigenvalue weighted by Crippen LogP contribution is -2.34. The van der Waals surface area contributed by atoms with Gasteiger partial charge in [0.25, 0.3) is 5.91 Å². The summed E-state index contributed by atoms with van der Waals surface area (Å²) in [7, 11) is -0.832. The second-order valence-corrected chi connectivity index (χ2v) is 11.5. The molecule has 5 aromatic rings. The van der Waals surface area contributed by atoms with Gasteiger partial charge in [-0.15, -0.1) is 0 Å². The maximum atomic E-state index is 13.7. The van der Waals surface area contributed by atoms with Crippen molar-refractivity contribution in [2.24, 2.45) is 0 Å². The summed E-state index contributed by atoms with van der Waals surface area (Å²) in [4.78, 5) is 23.7. The van der Waals surface area contributed by atoms with Gasteiger partial charge in [0.05, 0.1) is 17.1 Å². The van der Waals surface area contributed by atoms with Crippen molar-refractivity contribution >= 4 is 33.4 Å². The van der Waals surface area contributed by atoms with E-state index in [1.807, 2.05) is 58.3 Å². The molecule has 0 bridgehead atoms. The van der Waals surface area contributed by atoms with Crippen molar-refractivity contribution in [3.05, 3.63) is 96.4 Å². The molecular formula is C30H24FN5O3S. The molecule has 1 amide bonds. The number of hydrogen-bond donors (Lipinski definition) is 0. The topological polar surface area (TPSA) is 94.1 Å². The molecule has 0 saturated carbocycles. The molecule has 3 aromatic heterocycles. The Morgan fingerprint density at radius 3 is 2.55 bits per heavy atom. The summed E-state index contributed by atoms with van der Waals surface area (Å²) in [6.07, 6.45) is 6.05. The van der Waals surface area contributed by atoms with Gasteiger partial charge in [-0.2, -0.15) is 5.10 Å². The predicted molar refractivity (Wildman–Crippen MR) is 150 cm³/mol. The maximum Gasteiger partial charge on any atom is 0.254 e. The van der Waals surface area contributed by atoms with E-state index in [1.165, 1.54) is 18.5 Å². The minimum absolute atomic E-state index is 0.00860. The minimum atomic E-state index is -0.832. The quantitative estimate of drug-likeness (QED) is 0.300. The molecule has 0 aliphatic carbocycles. The standard InChI is InChI=1S/C30H24FN5O3S/c31-22-8-6-20(7-9-22)27-25(15-36(34-27)23-16-40(38)17-23)28-24-14-26(39-29(24)33-18-32-28)19-10-12-35(13-11-19)30(37)21-4-2-1-3-5-21/h1-10,14-15,18,23H,11-13,16-17H2. The van der Waals surface area contributed by atoms with Crippen LogP contribution in [-0.4, -0.2) is 59.4 Å². The van der Waals surface area contributed by atoms with E-state index in [0.717, 1.165) is 22.1 Å². The van der Waals surface area contributed by atoms with Gasteiger partial charge < -0.3 is 9.32 Å². The number of carbonyl (C=O) groups is 1. The summed E-state index contributed by atoms with van der Waals surface area (Å²) in [5, 5.41) is 5.55. The lowest BCUT2D eigenvalue weighted by Gasteiger charge is -2.26. The molecule has 1 fully saturated rings. The molecule has 8 nitrogen and oxygen atoms in total. The number of fused-ring (bicyclic) bond motifs is 1. The van der Waals surface area contributed by atoms with Crippen LogP contribution < -0.4 is 0 Å². The molecule has 0 atom stereocenters. The summed E-state index contributed by atoms with van der Waals surface area (Å²) >= 11 is 0. The summed E-state index contributed by atoms with van der Waals surface area (Å²) in [5.41, 5.74) is 4.97. The molecule has 200 valence electrons. The van der Waals surface area contributed by atoms with Gasteiger partial charge in [-0.05, 0) is 54.5 Å². The molecule has 7 rings (SSSR count). The molecule has 10 heteroatoms. The first-order valence-corrected chi connectivity index (χ1v) is 14.5. The number of aromatic nitrogens is 4. The van der Waals surface area contributed by atoms with E-state index in [0.29, 0.717) is 59.4 Å². The lowest BCUT2D eigenvalue weighted by atomic mass is 10.0. The third-order valence-corrected chi connectivity index (χ3v) is 8.91. The smallest absolute Gasteiger partial charge is 0.254 e. The maximum absolute atomic E-state index is 13.7. The summed E-state index contributed by atoms with van der Waals surface area (Å²) in [6.45, 7) is 1.07. The first-order chi connectivity index (χ1) is 19.5. The Balaban J connectivity index is 1.24. The first-order valence-electron chi connectivity index (χ1n) is 13.0. The summed E-state index contributed by atoms with van der Waals surface area (Å²) < 4.78 is 33.5. The lowest BCUT2D eigenvalue weighted by molar-refractivity contribution is 0.0772. The third-order valence-electron chi connectivity index (χ3n) is 7.40. The largest absolute Gasteiger partial charge is 0.438 e. The van der Waals surface area contributed by atoms with E-state index >= 15 is 0 Å². The highest BCUT2D eigenvalue weighted by Gasteiger charge is 2.30. The van der Waals surface area contributed by atoms with Gasteiger partial charge in [-0.3, -0.25) is 13.7 Å². The Morgan fingerprint density at radius 1 is 1.02 bits per heavy atom. The Labute approximate surface area is 231 Å². The van der Waals surface area contributed by atoms with Crippen molar-refractivity contribution in [3.8, 4) is 22.5 Å². The van der Waals surface area contributed by atoms with E-state index in [4.69, 9.17) is 9.52 Å². The molecule has 2 aliphatic heterocycles.